The van der Waals surface area contributed by atoms with Gasteiger partial charge in [0.05, 0.1) is 11.7 Å². The second kappa shape index (κ2) is 6.43. The number of nitrogens with zero attached hydrogens (tertiary/aromatic N) is 2. The van der Waals surface area contributed by atoms with Crippen molar-refractivity contribution in [3.05, 3.63) is 18.0 Å². The first-order chi connectivity index (χ1) is 8.97. The van der Waals surface area contributed by atoms with Gasteiger partial charge in [-0.15, -0.1) is 0 Å². The molecular weight excluding hydrogens is 300 g/mol. The van der Waals surface area contributed by atoms with E-state index in [0.717, 1.165) is 6.42 Å². The van der Waals surface area contributed by atoms with Crippen LogP contribution in [0.25, 0.3) is 0 Å². The lowest BCUT2D eigenvalue weighted by Crippen LogP contribution is -2.20. The lowest BCUT2D eigenvalue weighted by Gasteiger charge is -2.25. The van der Waals surface area contributed by atoms with Crippen LogP contribution in [0.15, 0.2) is 12.3 Å². The fourth-order valence-electron chi connectivity index (χ4n) is 2.78. The van der Waals surface area contributed by atoms with E-state index in [9.17, 15) is 0 Å². The van der Waals surface area contributed by atoms with Gasteiger partial charge in [0.2, 0.25) is 0 Å². The minimum absolute atomic E-state index is 0.350. The molecule has 0 amide bonds. The van der Waals surface area contributed by atoms with Gasteiger partial charge in [-0.1, -0.05) is 49.5 Å². The van der Waals surface area contributed by atoms with E-state index in [1.54, 1.807) is 0 Å². The van der Waals surface area contributed by atoms with E-state index in [1.807, 2.05) is 0 Å². The number of aromatic nitrogens is 2. The van der Waals surface area contributed by atoms with Crippen molar-refractivity contribution in [3.8, 4) is 0 Å². The number of rotatable bonds is 5. The molecule has 1 heterocycles. The summed E-state index contributed by atoms with van der Waals surface area (Å²) in [5, 5.41) is 4.75. The number of aryl methyl sites for hydroxylation is 1. The Morgan fingerprint density at radius 1 is 1.37 bits per heavy atom. The summed E-state index contributed by atoms with van der Waals surface area (Å²) in [5.41, 5.74) is 1.61. The third-order valence-corrected chi connectivity index (χ3v) is 6.02. The SMILES string of the molecule is CC(C)(C)C(Br)CCCc1ccn(C2CCCC2)n1. The highest BCUT2D eigenvalue weighted by molar-refractivity contribution is 9.09. The van der Waals surface area contributed by atoms with Gasteiger partial charge >= 0.3 is 0 Å². The van der Waals surface area contributed by atoms with Crippen molar-refractivity contribution in [2.45, 2.75) is 76.6 Å². The Morgan fingerprint density at radius 3 is 2.68 bits per heavy atom. The minimum atomic E-state index is 0.350. The summed E-state index contributed by atoms with van der Waals surface area (Å²) in [4.78, 5) is 0.594. The zero-order valence-corrected chi connectivity index (χ0v) is 14.1. The second-order valence-corrected chi connectivity index (χ2v) is 8.06. The molecule has 1 saturated carbocycles. The van der Waals surface area contributed by atoms with Crippen molar-refractivity contribution in [2.75, 3.05) is 0 Å². The molecule has 0 aliphatic heterocycles. The van der Waals surface area contributed by atoms with Crippen molar-refractivity contribution < 1.29 is 0 Å². The highest BCUT2D eigenvalue weighted by Crippen LogP contribution is 2.30. The molecule has 19 heavy (non-hydrogen) atoms. The van der Waals surface area contributed by atoms with Gasteiger partial charge in [0.25, 0.3) is 0 Å². The Morgan fingerprint density at radius 2 is 2.05 bits per heavy atom. The van der Waals surface area contributed by atoms with Crippen LogP contribution in [0.5, 0.6) is 0 Å². The summed E-state index contributed by atoms with van der Waals surface area (Å²) in [6.45, 7) is 6.88. The van der Waals surface area contributed by atoms with Crippen LogP contribution in [0.1, 0.15) is 71.0 Å². The zero-order valence-electron chi connectivity index (χ0n) is 12.5. The maximum absolute atomic E-state index is 4.75. The molecule has 1 unspecified atom stereocenters. The van der Waals surface area contributed by atoms with Gasteiger partial charge in [0, 0.05) is 11.0 Å². The molecule has 3 heteroatoms. The van der Waals surface area contributed by atoms with Gasteiger partial charge < -0.3 is 0 Å². The zero-order chi connectivity index (χ0) is 13.9. The van der Waals surface area contributed by atoms with Crippen LogP contribution in [0.2, 0.25) is 0 Å². The molecule has 2 rings (SSSR count). The molecule has 1 aromatic heterocycles. The number of hydrogen-bond donors (Lipinski definition) is 0. The molecule has 0 radical (unpaired) electrons. The monoisotopic (exact) mass is 326 g/mol. The van der Waals surface area contributed by atoms with E-state index in [0.29, 0.717) is 16.3 Å². The maximum Gasteiger partial charge on any atom is 0.0624 e. The van der Waals surface area contributed by atoms with Gasteiger partial charge in [-0.2, -0.15) is 5.10 Å². The number of alkyl halides is 1. The van der Waals surface area contributed by atoms with Gasteiger partial charge in [0.15, 0.2) is 0 Å². The Kier molecular flexibility index (Phi) is 5.10. The van der Waals surface area contributed by atoms with E-state index < -0.39 is 0 Å². The van der Waals surface area contributed by atoms with Crippen molar-refractivity contribution in [2.24, 2.45) is 5.41 Å². The topological polar surface area (TPSA) is 17.8 Å². The van der Waals surface area contributed by atoms with Crippen molar-refractivity contribution in [1.82, 2.24) is 9.78 Å². The Hall–Kier alpha value is -0.310. The van der Waals surface area contributed by atoms with E-state index in [4.69, 9.17) is 5.10 Å². The van der Waals surface area contributed by atoms with Gasteiger partial charge in [-0.25, -0.2) is 0 Å². The molecule has 0 N–H and O–H groups in total. The van der Waals surface area contributed by atoms with Crippen LogP contribution in [0.4, 0.5) is 0 Å². The molecule has 1 aliphatic rings. The summed E-state index contributed by atoms with van der Waals surface area (Å²) in [6.07, 6.45) is 11.1. The van der Waals surface area contributed by atoms with Crippen LogP contribution in [0, 0.1) is 5.41 Å². The van der Waals surface area contributed by atoms with Crippen molar-refractivity contribution in [1.29, 1.82) is 0 Å². The van der Waals surface area contributed by atoms with E-state index in [2.05, 4.69) is 53.6 Å². The van der Waals surface area contributed by atoms with E-state index in [1.165, 1.54) is 44.2 Å². The molecule has 0 saturated heterocycles. The van der Waals surface area contributed by atoms with Gasteiger partial charge in [-0.3, -0.25) is 4.68 Å². The lowest BCUT2D eigenvalue weighted by molar-refractivity contribution is 0.379. The number of halogens is 1. The molecule has 2 nitrogen and oxygen atoms in total. The molecule has 0 bridgehead atoms. The third-order valence-electron chi connectivity index (χ3n) is 4.19. The highest BCUT2D eigenvalue weighted by Gasteiger charge is 2.21. The maximum atomic E-state index is 4.75. The predicted octanol–water partition coefficient (Wildman–Crippen LogP) is 5.13. The smallest absolute Gasteiger partial charge is 0.0624 e. The molecule has 1 atom stereocenters. The fraction of sp³-hybridized carbons (Fsp3) is 0.812. The normalized spacial score (nSPS) is 18.9. The Balaban J connectivity index is 1.77. The van der Waals surface area contributed by atoms with Gasteiger partial charge in [0.1, 0.15) is 0 Å². The Labute approximate surface area is 126 Å². The summed E-state index contributed by atoms with van der Waals surface area (Å²) in [5.74, 6) is 0. The third kappa shape index (κ3) is 4.34. The summed E-state index contributed by atoms with van der Waals surface area (Å²) >= 11 is 3.81. The van der Waals surface area contributed by atoms with Crippen LogP contribution in [-0.2, 0) is 6.42 Å². The molecule has 108 valence electrons. The molecule has 1 aliphatic carbocycles. The lowest BCUT2D eigenvalue weighted by atomic mass is 9.89. The molecular formula is C16H27BrN2. The van der Waals surface area contributed by atoms with Crippen LogP contribution < -0.4 is 0 Å². The summed E-state index contributed by atoms with van der Waals surface area (Å²) < 4.78 is 2.21. The minimum Gasteiger partial charge on any atom is -0.269 e. The second-order valence-electron chi connectivity index (χ2n) is 6.95. The molecule has 0 aromatic carbocycles. The standard InChI is InChI=1S/C16H27BrN2/c1-16(2,3)15(17)10-6-7-13-11-12-19(18-13)14-8-4-5-9-14/h11-12,14-15H,4-10H2,1-3H3. The molecule has 0 spiro atoms. The van der Waals surface area contributed by atoms with Crippen LogP contribution in [-0.4, -0.2) is 14.6 Å². The van der Waals surface area contributed by atoms with Gasteiger partial charge in [-0.05, 0) is 43.6 Å². The first kappa shape index (κ1) is 15.1. The summed E-state index contributed by atoms with van der Waals surface area (Å²) in [6, 6.07) is 2.88. The molecule has 1 aromatic rings. The van der Waals surface area contributed by atoms with Crippen LogP contribution in [0.3, 0.4) is 0 Å². The summed E-state index contributed by atoms with van der Waals surface area (Å²) in [7, 11) is 0. The van der Waals surface area contributed by atoms with Crippen molar-refractivity contribution in [3.63, 3.8) is 0 Å². The number of hydrogen-bond acceptors (Lipinski definition) is 1. The quantitative estimate of drug-likeness (QED) is 0.686. The largest absolute Gasteiger partial charge is 0.269 e. The Bertz CT molecular complexity index is 386. The highest BCUT2D eigenvalue weighted by atomic mass is 79.9. The fourth-order valence-corrected chi connectivity index (χ4v) is 3.10. The first-order valence-corrected chi connectivity index (χ1v) is 8.56. The predicted molar refractivity (Wildman–Crippen MR) is 84.8 cm³/mol. The first-order valence-electron chi connectivity index (χ1n) is 7.65. The van der Waals surface area contributed by atoms with Crippen molar-refractivity contribution >= 4 is 15.9 Å². The average Bonchev–Trinajstić information content (AvgIpc) is 2.97. The van der Waals surface area contributed by atoms with Crippen LogP contribution >= 0.6 is 15.9 Å². The van der Waals surface area contributed by atoms with E-state index in [-0.39, 0.29) is 0 Å². The molecule has 1 fully saturated rings. The van der Waals surface area contributed by atoms with E-state index >= 15 is 0 Å². The average molecular weight is 327 g/mol.